The van der Waals surface area contributed by atoms with Crippen molar-refractivity contribution in [1.29, 1.82) is 0 Å². The van der Waals surface area contributed by atoms with Crippen molar-refractivity contribution in [2.24, 2.45) is 23.2 Å². The Hall–Kier alpha value is -1.19. The Morgan fingerprint density at radius 3 is 2.52 bits per heavy atom. The highest BCUT2D eigenvalue weighted by Crippen LogP contribution is 2.50. The number of hydrogen-bond acceptors (Lipinski definition) is 3. The number of ketones is 1. The van der Waals surface area contributed by atoms with E-state index in [4.69, 9.17) is 9.47 Å². The van der Waals surface area contributed by atoms with Crippen LogP contribution in [0.4, 0.5) is 0 Å². The first-order valence-electron chi connectivity index (χ1n) is 9.43. The Bertz CT molecular complexity index is 613. The van der Waals surface area contributed by atoms with E-state index in [9.17, 15) is 4.79 Å². The number of hydrogen-bond donors (Lipinski definition) is 0. The van der Waals surface area contributed by atoms with Gasteiger partial charge < -0.3 is 9.47 Å². The summed E-state index contributed by atoms with van der Waals surface area (Å²) in [6, 6.07) is 0. The minimum absolute atomic E-state index is 0.154. The van der Waals surface area contributed by atoms with Crippen molar-refractivity contribution in [3.8, 4) is 0 Å². The van der Waals surface area contributed by atoms with E-state index in [-0.39, 0.29) is 35.1 Å². The molecule has 3 nitrogen and oxygen atoms in total. The second-order valence-electron chi connectivity index (χ2n) is 8.07. The highest BCUT2D eigenvalue weighted by molar-refractivity contribution is 5.84. The smallest absolute Gasteiger partial charge is 0.167 e. The maximum Gasteiger partial charge on any atom is 0.167 e. The predicted octanol–water partition coefficient (Wildman–Crippen LogP) is 5.08. The molecule has 140 valence electrons. The lowest BCUT2D eigenvalue weighted by Crippen LogP contribution is -2.55. The van der Waals surface area contributed by atoms with E-state index in [0.29, 0.717) is 0 Å². The molecular weight excluding hydrogens is 312 g/mol. The summed E-state index contributed by atoms with van der Waals surface area (Å²) in [6.45, 7) is 14.8. The normalized spacial score (nSPS) is 39.9. The Morgan fingerprint density at radius 1 is 1.32 bits per heavy atom. The Balaban J connectivity index is 2.53. The van der Waals surface area contributed by atoms with Gasteiger partial charge in [0.15, 0.2) is 6.29 Å². The van der Waals surface area contributed by atoms with Gasteiger partial charge in [0.05, 0.1) is 12.0 Å². The maximum absolute atomic E-state index is 12.8. The SMILES string of the molecule is CC/C=C(\C)[C@H]1C(C)=CC(C)=C[C@@]1(C)C1OC(OC)C(C)C(=O)C1C. The van der Waals surface area contributed by atoms with Gasteiger partial charge in [-0.15, -0.1) is 0 Å². The van der Waals surface area contributed by atoms with Crippen molar-refractivity contribution in [1.82, 2.24) is 0 Å². The first-order chi connectivity index (χ1) is 11.7. The third-order valence-electron chi connectivity index (χ3n) is 5.94. The van der Waals surface area contributed by atoms with E-state index in [1.54, 1.807) is 7.11 Å². The van der Waals surface area contributed by atoms with Crippen molar-refractivity contribution in [2.75, 3.05) is 7.11 Å². The summed E-state index contributed by atoms with van der Waals surface area (Å²) in [5.41, 5.74) is 3.64. The number of carbonyl (C=O) groups excluding carboxylic acids is 1. The molecule has 0 aromatic heterocycles. The summed E-state index contributed by atoms with van der Waals surface area (Å²) in [6.07, 6.45) is 7.18. The lowest BCUT2D eigenvalue weighted by molar-refractivity contribution is -0.235. The molecule has 1 aliphatic carbocycles. The first kappa shape index (κ1) is 20.1. The van der Waals surface area contributed by atoms with Crippen LogP contribution in [0, 0.1) is 23.2 Å². The standard InChI is InChI=1S/C22H34O3/c1-9-10-14(3)18-15(4)11-13(2)12-22(18,7)20-16(5)19(23)17(6)21(24-8)25-20/h10-12,16-18,20-21H,9H2,1-8H3/b14-10+/t16?,17?,18-,20?,21?,22+/m0/s1. The summed E-state index contributed by atoms with van der Waals surface area (Å²) in [4.78, 5) is 12.8. The summed E-state index contributed by atoms with van der Waals surface area (Å²) in [5.74, 6) is 0.0925. The van der Waals surface area contributed by atoms with E-state index in [1.807, 2.05) is 13.8 Å². The predicted molar refractivity (Wildman–Crippen MR) is 102 cm³/mol. The first-order valence-corrected chi connectivity index (χ1v) is 9.43. The molecule has 0 aromatic carbocycles. The number of Topliss-reactive ketones (excluding diaryl/α,β-unsaturated/α-hetero) is 1. The lowest BCUT2D eigenvalue weighted by Gasteiger charge is -2.50. The van der Waals surface area contributed by atoms with E-state index in [0.717, 1.165) is 6.42 Å². The van der Waals surface area contributed by atoms with Crippen LogP contribution in [0.2, 0.25) is 0 Å². The van der Waals surface area contributed by atoms with Crippen LogP contribution >= 0.6 is 0 Å². The molecule has 0 bridgehead atoms. The molecule has 0 spiro atoms. The van der Waals surface area contributed by atoms with Gasteiger partial charge >= 0.3 is 0 Å². The van der Waals surface area contributed by atoms with Crippen LogP contribution in [0.5, 0.6) is 0 Å². The van der Waals surface area contributed by atoms with Crippen LogP contribution in [0.1, 0.15) is 54.9 Å². The van der Waals surface area contributed by atoms with E-state index in [1.165, 1.54) is 16.7 Å². The van der Waals surface area contributed by atoms with Crippen LogP contribution < -0.4 is 0 Å². The topological polar surface area (TPSA) is 35.5 Å². The molecule has 0 saturated carbocycles. The fraction of sp³-hybridized carbons (Fsp3) is 0.682. The molecule has 1 saturated heterocycles. The quantitative estimate of drug-likeness (QED) is 0.666. The van der Waals surface area contributed by atoms with Crippen molar-refractivity contribution < 1.29 is 14.3 Å². The third kappa shape index (κ3) is 3.54. The van der Waals surface area contributed by atoms with Crippen molar-refractivity contribution in [3.63, 3.8) is 0 Å². The third-order valence-corrected chi connectivity index (χ3v) is 5.94. The van der Waals surface area contributed by atoms with Crippen molar-refractivity contribution in [2.45, 2.75) is 67.3 Å². The molecule has 2 aliphatic rings. The number of ether oxygens (including phenoxy) is 2. The van der Waals surface area contributed by atoms with Gasteiger partial charge in [0, 0.05) is 24.4 Å². The molecule has 3 heteroatoms. The number of methoxy groups -OCH3 is 1. The highest BCUT2D eigenvalue weighted by Gasteiger charge is 2.52. The molecule has 0 N–H and O–H groups in total. The summed E-state index contributed by atoms with van der Waals surface area (Å²) in [7, 11) is 1.62. The Labute approximate surface area is 153 Å². The molecule has 0 amide bonds. The average molecular weight is 347 g/mol. The fourth-order valence-electron chi connectivity index (χ4n) is 5.11. The summed E-state index contributed by atoms with van der Waals surface area (Å²) >= 11 is 0. The van der Waals surface area contributed by atoms with Gasteiger partial charge in [-0.3, -0.25) is 4.79 Å². The van der Waals surface area contributed by atoms with Gasteiger partial charge in [-0.25, -0.2) is 0 Å². The summed E-state index contributed by atoms with van der Waals surface area (Å²) in [5, 5.41) is 0. The molecular formula is C22H34O3. The lowest BCUT2D eigenvalue weighted by atomic mass is 9.60. The minimum atomic E-state index is -0.471. The van der Waals surface area contributed by atoms with Gasteiger partial charge in [-0.1, -0.05) is 62.6 Å². The van der Waals surface area contributed by atoms with Gasteiger partial charge in [-0.05, 0) is 27.2 Å². The van der Waals surface area contributed by atoms with Crippen LogP contribution in [-0.4, -0.2) is 25.3 Å². The van der Waals surface area contributed by atoms with Crippen LogP contribution in [0.3, 0.4) is 0 Å². The van der Waals surface area contributed by atoms with E-state index in [2.05, 4.69) is 52.8 Å². The van der Waals surface area contributed by atoms with Crippen LogP contribution in [0.25, 0.3) is 0 Å². The molecule has 4 unspecified atom stereocenters. The van der Waals surface area contributed by atoms with E-state index < -0.39 is 6.29 Å². The Morgan fingerprint density at radius 2 is 1.96 bits per heavy atom. The number of carbonyl (C=O) groups is 1. The van der Waals surface area contributed by atoms with Gasteiger partial charge in [-0.2, -0.15) is 0 Å². The van der Waals surface area contributed by atoms with E-state index >= 15 is 0 Å². The van der Waals surface area contributed by atoms with Crippen molar-refractivity contribution in [3.05, 3.63) is 34.9 Å². The van der Waals surface area contributed by atoms with Gasteiger partial charge in [0.1, 0.15) is 5.78 Å². The minimum Gasteiger partial charge on any atom is -0.355 e. The number of rotatable bonds is 4. The second-order valence-corrected chi connectivity index (χ2v) is 8.07. The largest absolute Gasteiger partial charge is 0.355 e. The highest BCUT2D eigenvalue weighted by atomic mass is 16.7. The Kier molecular flexibility index (Phi) is 6.11. The number of allylic oxidation sites excluding steroid dienone is 5. The molecule has 0 aromatic rings. The van der Waals surface area contributed by atoms with Crippen LogP contribution in [0.15, 0.2) is 34.9 Å². The monoisotopic (exact) mass is 346 g/mol. The zero-order valence-electron chi connectivity index (χ0n) is 17.1. The zero-order valence-corrected chi connectivity index (χ0v) is 17.1. The molecule has 25 heavy (non-hydrogen) atoms. The molecule has 2 rings (SSSR count). The van der Waals surface area contributed by atoms with Crippen molar-refractivity contribution >= 4 is 5.78 Å². The fourth-order valence-corrected chi connectivity index (χ4v) is 5.11. The molecule has 0 radical (unpaired) electrons. The van der Waals surface area contributed by atoms with Gasteiger partial charge in [0.2, 0.25) is 0 Å². The summed E-state index contributed by atoms with van der Waals surface area (Å²) < 4.78 is 11.9. The molecule has 1 aliphatic heterocycles. The average Bonchev–Trinajstić information content (AvgIpc) is 2.52. The second kappa shape index (κ2) is 7.59. The van der Waals surface area contributed by atoms with Gasteiger partial charge in [0.25, 0.3) is 0 Å². The molecule has 6 atom stereocenters. The maximum atomic E-state index is 12.8. The molecule has 1 heterocycles. The molecule has 1 fully saturated rings. The van der Waals surface area contributed by atoms with Crippen LogP contribution in [-0.2, 0) is 14.3 Å². The zero-order chi connectivity index (χ0) is 18.9.